The summed E-state index contributed by atoms with van der Waals surface area (Å²) in [5, 5.41) is 11.7. The van der Waals surface area contributed by atoms with Gasteiger partial charge in [0.2, 0.25) is 0 Å². The molecule has 1 aliphatic carbocycles. The van der Waals surface area contributed by atoms with Crippen molar-refractivity contribution in [1.82, 2.24) is 15.5 Å². The SMILES string of the molecule is C1=C(c2cccnn2)CCC12CCCNC2. The van der Waals surface area contributed by atoms with Crippen molar-refractivity contribution < 1.29 is 0 Å². The van der Waals surface area contributed by atoms with Crippen molar-refractivity contribution in [2.45, 2.75) is 25.7 Å². The van der Waals surface area contributed by atoms with E-state index in [1.54, 1.807) is 6.20 Å². The van der Waals surface area contributed by atoms with E-state index in [0.717, 1.165) is 18.7 Å². The number of piperidine rings is 1. The second-order valence-corrected chi connectivity index (χ2v) is 4.92. The van der Waals surface area contributed by atoms with Crippen LogP contribution in [0.1, 0.15) is 31.4 Å². The van der Waals surface area contributed by atoms with E-state index in [1.165, 1.54) is 31.4 Å². The van der Waals surface area contributed by atoms with Gasteiger partial charge in [-0.15, -0.1) is 0 Å². The third kappa shape index (κ3) is 1.76. The van der Waals surface area contributed by atoms with Crippen molar-refractivity contribution in [1.29, 1.82) is 0 Å². The Balaban J connectivity index is 1.86. The van der Waals surface area contributed by atoms with Gasteiger partial charge in [0.25, 0.3) is 0 Å². The molecular formula is C13H17N3. The summed E-state index contributed by atoms with van der Waals surface area (Å²) in [4.78, 5) is 0. The van der Waals surface area contributed by atoms with E-state index in [1.807, 2.05) is 6.07 Å². The number of hydrogen-bond acceptors (Lipinski definition) is 3. The molecule has 2 heterocycles. The van der Waals surface area contributed by atoms with Gasteiger partial charge >= 0.3 is 0 Å². The van der Waals surface area contributed by atoms with Gasteiger partial charge in [-0.3, -0.25) is 0 Å². The van der Waals surface area contributed by atoms with E-state index in [0.29, 0.717) is 5.41 Å². The fourth-order valence-electron chi connectivity index (χ4n) is 2.90. The van der Waals surface area contributed by atoms with Gasteiger partial charge in [0.1, 0.15) is 0 Å². The van der Waals surface area contributed by atoms with Crippen molar-refractivity contribution in [3.8, 4) is 0 Å². The van der Waals surface area contributed by atoms with Crippen LogP contribution >= 0.6 is 0 Å². The molecule has 1 unspecified atom stereocenters. The van der Waals surface area contributed by atoms with E-state index >= 15 is 0 Å². The lowest BCUT2D eigenvalue weighted by molar-refractivity contribution is 0.274. The smallest absolute Gasteiger partial charge is 0.0886 e. The molecule has 1 spiro atoms. The molecule has 1 atom stereocenters. The second-order valence-electron chi connectivity index (χ2n) is 4.92. The maximum atomic E-state index is 4.20. The van der Waals surface area contributed by atoms with Crippen molar-refractivity contribution in [2.75, 3.05) is 13.1 Å². The van der Waals surface area contributed by atoms with Crippen LogP contribution in [0.15, 0.2) is 24.4 Å². The first-order valence-electron chi connectivity index (χ1n) is 6.09. The fraction of sp³-hybridized carbons (Fsp3) is 0.538. The Morgan fingerprint density at radius 2 is 2.31 bits per heavy atom. The minimum Gasteiger partial charge on any atom is -0.316 e. The standard InChI is InChI=1S/C13H17N3/c1-3-12(16-15-8-1)11-4-6-13(9-11)5-2-7-14-10-13/h1,3,8-9,14H,2,4-7,10H2. The number of nitrogens with zero attached hydrogens (tertiary/aromatic N) is 2. The molecule has 2 aliphatic rings. The van der Waals surface area contributed by atoms with Crippen LogP contribution in [-0.4, -0.2) is 23.3 Å². The first kappa shape index (κ1) is 9.97. The molecule has 0 bridgehead atoms. The molecule has 0 amide bonds. The third-order valence-corrected chi connectivity index (χ3v) is 3.78. The molecule has 84 valence electrons. The fourth-order valence-corrected chi connectivity index (χ4v) is 2.90. The maximum Gasteiger partial charge on any atom is 0.0886 e. The normalized spacial score (nSPS) is 29.4. The molecule has 0 radical (unpaired) electrons. The zero-order valence-corrected chi connectivity index (χ0v) is 9.45. The van der Waals surface area contributed by atoms with Gasteiger partial charge < -0.3 is 5.32 Å². The Bertz CT molecular complexity index is 391. The summed E-state index contributed by atoms with van der Waals surface area (Å²) in [7, 11) is 0. The summed E-state index contributed by atoms with van der Waals surface area (Å²) in [6, 6.07) is 4.03. The van der Waals surface area contributed by atoms with Gasteiger partial charge in [-0.1, -0.05) is 6.08 Å². The quantitative estimate of drug-likeness (QED) is 0.779. The highest BCUT2D eigenvalue weighted by Crippen LogP contribution is 2.43. The van der Waals surface area contributed by atoms with E-state index < -0.39 is 0 Å². The average molecular weight is 215 g/mol. The Morgan fingerprint density at radius 3 is 3.06 bits per heavy atom. The summed E-state index contributed by atoms with van der Waals surface area (Å²) in [6.07, 6.45) is 9.22. The molecule has 0 aromatic carbocycles. The maximum absolute atomic E-state index is 4.20. The third-order valence-electron chi connectivity index (χ3n) is 3.78. The predicted molar refractivity (Wildman–Crippen MR) is 63.8 cm³/mol. The Labute approximate surface area is 96.0 Å². The molecule has 3 heteroatoms. The van der Waals surface area contributed by atoms with Crippen LogP contribution in [0, 0.1) is 5.41 Å². The Kier molecular flexibility index (Phi) is 2.48. The summed E-state index contributed by atoms with van der Waals surface area (Å²) in [5.74, 6) is 0. The van der Waals surface area contributed by atoms with Crippen molar-refractivity contribution >= 4 is 5.57 Å². The monoisotopic (exact) mass is 215 g/mol. The van der Waals surface area contributed by atoms with Crippen LogP contribution in [0.2, 0.25) is 0 Å². The van der Waals surface area contributed by atoms with Gasteiger partial charge in [-0.2, -0.15) is 10.2 Å². The molecule has 1 saturated heterocycles. The van der Waals surface area contributed by atoms with Crippen molar-refractivity contribution in [3.05, 3.63) is 30.1 Å². The van der Waals surface area contributed by atoms with E-state index in [-0.39, 0.29) is 0 Å². The highest BCUT2D eigenvalue weighted by Gasteiger charge is 2.34. The van der Waals surface area contributed by atoms with Gasteiger partial charge in [-0.05, 0) is 49.9 Å². The number of hydrogen-bond donors (Lipinski definition) is 1. The lowest BCUT2D eigenvalue weighted by Crippen LogP contribution is -2.37. The molecule has 1 aromatic heterocycles. The minimum absolute atomic E-state index is 0.408. The molecule has 1 aromatic rings. The summed E-state index contributed by atoms with van der Waals surface area (Å²) >= 11 is 0. The summed E-state index contributed by atoms with van der Waals surface area (Å²) in [5.41, 5.74) is 2.85. The molecule has 1 aliphatic heterocycles. The molecule has 1 fully saturated rings. The van der Waals surface area contributed by atoms with Crippen LogP contribution in [0.3, 0.4) is 0 Å². The van der Waals surface area contributed by atoms with E-state index in [9.17, 15) is 0 Å². The summed E-state index contributed by atoms with van der Waals surface area (Å²) in [6.45, 7) is 2.31. The Morgan fingerprint density at radius 1 is 1.31 bits per heavy atom. The zero-order chi connectivity index (χ0) is 10.8. The van der Waals surface area contributed by atoms with E-state index in [2.05, 4.69) is 27.7 Å². The predicted octanol–water partition coefficient (Wildman–Crippen LogP) is 2.02. The van der Waals surface area contributed by atoms with Crippen LogP contribution in [-0.2, 0) is 0 Å². The largest absolute Gasteiger partial charge is 0.316 e. The van der Waals surface area contributed by atoms with Gasteiger partial charge in [0.15, 0.2) is 0 Å². The van der Waals surface area contributed by atoms with Crippen LogP contribution in [0.5, 0.6) is 0 Å². The molecule has 3 rings (SSSR count). The first-order chi connectivity index (χ1) is 7.88. The second kappa shape index (κ2) is 3.98. The highest BCUT2D eigenvalue weighted by atomic mass is 15.1. The molecule has 3 nitrogen and oxygen atoms in total. The number of rotatable bonds is 1. The topological polar surface area (TPSA) is 37.8 Å². The van der Waals surface area contributed by atoms with Gasteiger partial charge in [0.05, 0.1) is 5.69 Å². The van der Waals surface area contributed by atoms with Crippen molar-refractivity contribution in [3.63, 3.8) is 0 Å². The van der Waals surface area contributed by atoms with Crippen LogP contribution in [0.25, 0.3) is 5.57 Å². The first-order valence-corrected chi connectivity index (χ1v) is 6.09. The Hall–Kier alpha value is -1.22. The summed E-state index contributed by atoms with van der Waals surface area (Å²) < 4.78 is 0. The highest BCUT2D eigenvalue weighted by molar-refractivity contribution is 5.65. The molecule has 0 saturated carbocycles. The molecule has 1 N–H and O–H groups in total. The number of nitrogens with one attached hydrogen (secondary N) is 1. The van der Waals surface area contributed by atoms with Crippen molar-refractivity contribution in [2.24, 2.45) is 5.41 Å². The van der Waals surface area contributed by atoms with Gasteiger partial charge in [0, 0.05) is 18.2 Å². The number of aromatic nitrogens is 2. The lowest BCUT2D eigenvalue weighted by atomic mass is 9.80. The van der Waals surface area contributed by atoms with E-state index in [4.69, 9.17) is 0 Å². The average Bonchev–Trinajstić information content (AvgIpc) is 2.75. The van der Waals surface area contributed by atoms with Gasteiger partial charge in [-0.25, -0.2) is 0 Å². The van der Waals surface area contributed by atoms with Crippen LogP contribution in [0.4, 0.5) is 0 Å². The minimum atomic E-state index is 0.408. The molecular weight excluding hydrogens is 198 g/mol. The number of allylic oxidation sites excluding steroid dienone is 1. The zero-order valence-electron chi connectivity index (χ0n) is 9.45. The lowest BCUT2D eigenvalue weighted by Gasteiger charge is -2.32. The van der Waals surface area contributed by atoms with Crippen LogP contribution < -0.4 is 5.32 Å². The molecule has 16 heavy (non-hydrogen) atoms.